The van der Waals surface area contributed by atoms with Gasteiger partial charge in [0.2, 0.25) is 0 Å². The largest absolute Gasteiger partial charge is 0.380 e. The molecule has 0 aromatic heterocycles. The number of halogens is 1. The van der Waals surface area contributed by atoms with Gasteiger partial charge in [0.1, 0.15) is 0 Å². The van der Waals surface area contributed by atoms with Crippen LogP contribution >= 0.6 is 12.4 Å². The van der Waals surface area contributed by atoms with Crippen LogP contribution in [0.1, 0.15) is 90.0 Å². The zero-order chi connectivity index (χ0) is 23.3. The minimum atomic E-state index is 0. The highest BCUT2D eigenvalue weighted by atomic mass is 35.5. The lowest BCUT2D eigenvalue weighted by Gasteiger charge is -2.42. The van der Waals surface area contributed by atoms with Crippen molar-refractivity contribution in [3.63, 3.8) is 0 Å². The minimum Gasteiger partial charge on any atom is -0.380 e. The topological polar surface area (TPSA) is 19.0 Å². The summed E-state index contributed by atoms with van der Waals surface area (Å²) < 4.78 is 5.66. The molecule has 4 rings (SSSR count). The summed E-state index contributed by atoms with van der Waals surface area (Å²) in [4.78, 5) is 7.92. The summed E-state index contributed by atoms with van der Waals surface area (Å²) >= 11 is 0. The van der Waals surface area contributed by atoms with Crippen molar-refractivity contribution >= 4 is 23.8 Å². The van der Waals surface area contributed by atoms with Crippen LogP contribution < -0.4 is 9.80 Å². The fourth-order valence-corrected chi connectivity index (χ4v) is 6.60. The van der Waals surface area contributed by atoms with Gasteiger partial charge in [-0.3, -0.25) is 4.90 Å². The summed E-state index contributed by atoms with van der Waals surface area (Å²) in [5.41, 5.74) is 5.18. The quantitative estimate of drug-likeness (QED) is 0.381. The van der Waals surface area contributed by atoms with Crippen molar-refractivity contribution in [3.05, 3.63) is 23.8 Å². The molecule has 3 aliphatic rings. The first-order valence-electron chi connectivity index (χ1n) is 14.0. The molecule has 2 heterocycles. The molecular weight excluding hydrogens is 442 g/mol. The van der Waals surface area contributed by atoms with Gasteiger partial charge in [0.25, 0.3) is 0 Å². The molecular formula is C29H50ClN3O. The normalized spacial score (nSPS) is 23.8. The van der Waals surface area contributed by atoms with E-state index in [1.807, 2.05) is 7.11 Å². The van der Waals surface area contributed by atoms with Crippen LogP contribution in [0.3, 0.4) is 0 Å². The molecule has 1 aromatic rings. The van der Waals surface area contributed by atoms with E-state index in [1.54, 1.807) is 5.56 Å². The first-order chi connectivity index (χ1) is 16.1. The maximum atomic E-state index is 5.66. The van der Waals surface area contributed by atoms with E-state index in [-0.39, 0.29) is 12.4 Å². The molecule has 5 heteroatoms. The Hall–Kier alpha value is -0.970. The monoisotopic (exact) mass is 491 g/mol. The predicted molar refractivity (Wildman–Crippen MR) is 149 cm³/mol. The lowest BCUT2D eigenvalue weighted by molar-refractivity contribution is 0.121. The number of benzene rings is 1. The maximum absolute atomic E-state index is 5.66. The Morgan fingerprint density at radius 1 is 0.912 bits per heavy atom. The predicted octanol–water partition coefficient (Wildman–Crippen LogP) is 6.72. The summed E-state index contributed by atoms with van der Waals surface area (Å²) in [5.74, 6) is 0.713. The first kappa shape index (κ1) is 27.6. The summed E-state index contributed by atoms with van der Waals surface area (Å²) in [6, 6.07) is 7.44. The number of rotatable bonds is 9. The molecule has 0 radical (unpaired) electrons. The van der Waals surface area contributed by atoms with Gasteiger partial charge >= 0.3 is 0 Å². The van der Waals surface area contributed by atoms with Crippen LogP contribution in [0.5, 0.6) is 0 Å². The van der Waals surface area contributed by atoms with Gasteiger partial charge in [0, 0.05) is 57.8 Å². The molecule has 194 valence electrons. The van der Waals surface area contributed by atoms with Crippen molar-refractivity contribution in [2.75, 3.05) is 62.7 Å². The highest BCUT2D eigenvalue weighted by molar-refractivity contribution is 5.85. The van der Waals surface area contributed by atoms with Crippen molar-refractivity contribution in [3.8, 4) is 0 Å². The molecule has 3 fully saturated rings. The molecule has 1 aliphatic carbocycles. The summed E-state index contributed by atoms with van der Waals surface area (Å²) in [6.45, 7) is 15.3. The van der Waals surface area contributed by atoms with E-state index in [0.29, 0.717) is 17.4 Å². The molecule has 2 aliphatic heterocycles. The first-order valence-corrected chi connectivity index (χ1v) is 14.0. The average molecular weight is 492 g/mol. The minimum absolute atomic E-state index is 0. The molecule has 0 N–H and O–H groups in total. The van der Waals surface area contributed by atoms with Crippen molar-refractivity contribution < 1.29 is 4.74 Å². The van der Waals surface area contributed by atoms with E-state index in [0.717, 1.165) is 19.5 Å². The van der Waals surface area contributed by atoms with Gasteiger partial charge in [-0.15, -0.1) is 12.4 Å². The van der Waals surface area contributed by atoms with E-state index in [1.165, 1.54) is 95.5 Å². The number of hydrogen-bond donors (Lipinski definition) is 0. The summed E-state index contributed by atoms with van der Waals surface area (Å²) in [5, 5.41) is 0. The fraction of sp³-hybridized carbons (Fsp3) is 0.793. The standard InChI is InChI=1S/C29H49N3O.ClH/c1-5-8-16-30-18-20-31(21-19-30)28-10-9-25(32-17-13-26(23-32)33-4)22-27(28)24-11-14-29(6-2,7-3)15-12-24;/h9-10,22,24,26H,5-8,11-21,23H2,1-4H3;1H. The third-order valence-electron chi connectivity index (χ3n) is 9.38. The van der Waals surface area contributed by atoms with E-state index in [2.05, 4.69) is 53.7 Å². The van der Waals surface area contributed by atoms with Gasteiger partial charge in [-0.05, 0) is 80.2 Å². The van der Waals surface area contributed by atoms with E-state index >= 15 is 0 Å². The third-order valence-corrected chi connectivity index (χ3v) is 9.38. The second kappa shape index (κ2) is 12.8. The van der Waals surface area contributed by atoms with E-state index in [9.17, 15) is 0 Å². The van der Waals surface area contributed by atoms with Gasteiger partial charge in [-0.1, -0.05) is 40.0 Å². The lowest BCUT2D eigenvalue weighted by Crippen LogP contribution is -2.47. The molecule has 1 saturated carbocycles. The molecule has 0 spiro atoms. The number of methoxy groups -OCH3 is 1. The zero-order valence-electron chi connectivity index (χ0n) is 22.4. The van der Waals surface area contributed by atoms with Crippen molar-refractivity contribution in [1.82, 2.24) is 4.90 Å². The van der Waals surface area contributed by atoms with E-state index in [4.69, 9.17) is 4.74 Å². The Morgan fingerprint density at radius 2 is 1.62 bits per heavy atom. The van der Waals surface area contributed by atoms with Gasteiger partial charge in [0.05, 0.1) is 6.10 Å². The van der Waals surface area contributed by atoms with Crippen LogP contribution in [-0.2, 0) is 4.74 Å². The molecule has 0 bridgehead atoms. The van der Waals surface area contributed by atoms with Crippen LogP contribution in [0.25, 0.3) is 0 Å². The second-order valence-electron chi connectivity index (χ2n) is 11.0. The Balaban J connectivity index is 0.00000324. The number of hydrogen-bond acceptors (Lipinski definition) is 4. The van der Waals surface area contributed by atoms with Gasteiger partial charge < -0.3 is 14.5 Å². The molecule has 4 nitrogen and oxygen atoms in total. The summed E-state index contributed by atoms with van der Waals surface area (Å²) in [7, 11) is 1.86. The Bertz CT molecular complexity index is 735. The van der Waals surface area contributed by atoms with Crippen LogP contribution in [0.15, 0.2) is 18.2 Å². The molecule has 1 unspecified atom stereocenters. The summed E-state index contributed by atoms with van der Waals surface area (Å²) in [6.07, 6.45) is 12.3. The number of piperazine rings is 1. The van der Waals surface area contributed by atoms with Crippen molar-refractivity contribution in [2.45, 2.75) is 90.6 Å². The lowest BCUT2D eigenvalue weighted by atomic mass is 9.66. The Kier molecular flexibility index (Phi) is 10.4. The smallest absolute Gasteiger partial charge is 0.0762 e. The molecule has 34 heavy (non-hydrogen) atoms. The SMILES string of the molecule is CCCCN1CCN(c2ccc(N3CCC(OC)C3)cc2C2CCC(CC)(CC)CC2)CC1.Cl. The highest BCUT2D eigenvalue weighted by Crippen LogP contribution is 2.49. The zero-order valence-corrected chi connectivity index (χ0v) is 23.2. The number of nitrogens with zero attached hydrogens (tertiary/aromatic N) is 3. The van der Waals surface area contributed by atoms with Crippen LogP contribution in [0, 0.1) is 5.41 Å². The molecule has 1 atom stereocenters. The third kappa shape index (κ3) is 6.23. The highest BCUT2D eigenvalue weighted by Gasteiger charge is 2.34. The number of unbranched alkanes of at least 4 members (excludes halogenated alkanes) is 1. The molecule has 0 amide bonds. The van der Waals surface area contributed by atoms with Crippen molar-refractivity contribution in [2.24, 2.45) is 5.41 Å². The Labute approximate surface area is 215 Å². The number of anilines is 2. The van der Waals surface area contributed by atoms with Gasteiger partial charge in [-0.25, -0.2) is 0 Å². The number of ether oxygens (including phenoxy) is 1. The average Bonchev–Trinajstić information content (AvgIpc) is 3.37. The van der Waals surface area contributed by atoms with E-state index < -0.39 is 0 Å². The van der Waals surface area contributed by atoms with Crippen LogP contribution in [-0.4, -0.2) is 63.9 Å². The van der Waals surface area contributed by atoms with Gasteiger partial charge in [-0.2, -0.15) is 0 Å². The van der Waals surface area contributed by atoms with Crippen molar-refractivity contribution in [1.29, 1.82) is 0 Å². The fourth-order valence-electron chi connectivity index (χ4n) is 6.60. The Morgan fingerprint density at radius 3 is 2.21 bits per heavy atom. The second-order valence-corrected chi connectivity index (χ2v) is 11.0. The van der Waals surface area contributed by atoms with Crippen LogP contribution in [0.2, 0.25) is 0 Å². The van der Waals surface area contributed by atoms with Gasteiger partial charge in [0.15, 0.2) is 0 Å². The maximum Gasteiger partial charge on any atom is 0.0762 e. The van der Waals surface area contributed by atoms with Crippen LogP contribution in [0.4, 0.5) is 11.4 Å². The molecule has 2 saturated heterocycles. The molecule has 1 aromatic carbocycles.